The molecule has 0 atom stereocenters. The highest BCUT2D eigenvalue weighted by atomic mass is 32.1. The molecule has 0 aliphatic heterocycles. The molecule has 91 heavy (non-hydrogen) atoms. The lowest BCUT2D eigenvalue weighted by Crippen LogP contribution is -2.25. The molecule has 0 unspecified atom stereocenters. The van der Waals surface area contributed by atoms with Crippen molar-refractivity contribution in [2.24, 2.45) is 0 Å². The normalized spacial score (nSPS) is 13.4. The van der Waals surface area contributed by atoms with Crippen molar-refractivity contribution >= 4 is 32.7 Å². The number of unbranched alkanes of at least 4 members (excludes halogenated alkanes) is 28. The first-order valence-electron chi connectivity index (χ1n) is 37.3. The summed E-state index contributed by atoms with van der Waals surface area (Å²) < 4.78 is 1.22. The van der Waals surface area contributed by atoms with E-state index in [2.05, 4.69) is 179 Å². The van der Waals surface area contributed by atoms with Crippen molar-refractivity contribution in [1.29, 1.82) is 0 Å². The minimum Gasteiger partial charge on any atom is -0.236 e. The molecule has 7 aromatic carbocycles. The van der Waals surface area contributed by atoms with Crippen molar-refractivity contribution in [1.82, 2.24) is 4.98 Å². The molecule has 0 fully saturated rings. The Labute approximate surface area is 557 Å². The van der Waals surface area contributed by atoms with Crippen LogP contribution in [0.25, 0.3) is 65.3 Å². The number of thiazole rings is 1. The number of fused-ring (bicyclic) bond motifs is 7. The van der Waals surface area contributed by atoms with Crippen LogP contribution in [0, 0.1) is 0 Å². The van der Waals surface area contributed by atoms with E-state index in [4.69, 9.17) is 18.1 Å². The summed E-state index contributed by atoms with van der Waals surface area (Å²) in [4.78, 5) is 5.29. The second-order valence-electron chi connectivity index (χ2n) is 28.0. The van der Waals surface area contributed by atoms with Crippen molar-refractivity contribution in [3.63, 3.8) is 0 Å². The fraction of sp³-hybridized carbons (Fsp3) is 0.472. The van der Waals surface area contributed by atoms with E-state index in [0.717, 1.165) is 27.2 Å². The summed E-state index contributed by atoms with van der Waals surface area (Å²) in [6, 6.07) is 58.5. The van der Waals surface area contributed by atoms with E-state index in [1.165, 1.54) is 291 Å². The number of benzene rings is 7. The zero-order chi connectivity index (χ0) is 63.1. The van der Waals surface area contributed by atoms with E-state index >= 15 is 0 Å². The summed E-state index contributed by atoms with van der Waals surface area (Å²) in [5.74, 6) is 0. The average molecular weight is 1230 g/mol. The van der Waals surface area contributed by atoms with Gasteiger partial charge in [-0.15, -0.1) is 11.3 Å². The van der Waals surface area contributed by atoms with Gasteiger partial charge >= 0.3 is 0 Å². The van der Waals surface area contributed by atoms with Gasteiger partial charge in [0.1, 0.15) is 5.01 Å². The maximum atomic E-state index is 5.29. The van der Waals surface area contributed by atoms with Gasteiger partial charge in [0, 0.05) is 22.0 Å². The third-order valence-corrected chi connectivity index (χ3v) is 22.7. The van der Waals surface area contributed by atoms with E-state index in [0.29, 0.717) is 0 Å². The molecule has 10 rings (SSSR count). The highest BCUT2D eigenvalue weighted by Crippen LogP contribution is 2.57. The summed E-state index contributed by atoms with van der Waals surface area (Å²) in [6.07, 6.45) is 48.1. The van der Waals surface area contributed by atoms with Crippen molar-refractivity contribution in [2.75, 3.05) is 0 Å². The van der Waals surface area contributed by atoms with Gasteiger partial charge in [-0.3, -0.25) is 0 Å². The fourth-order valence-electron chi connectivity index (χ4n) is 16.2. The maximum Gasteiger partial charge on any atom is 0.124 e. The first kappa shape index (κ1) is 67.8. The largest absolute Gasteiger partial charge is 0.236 e. The Morgan fingerprint density at radius 1 is 0.308 bits per heavy atom. The Kier molecular flexibility index (Phi) is 25.9. The number of hydrogen-bond acceptors (Lipinski definition) is 2. The molecule has 0 amide bonds. The van der Waals surface area contributed by atoms with Gasteiger partial charge in [-0.05, 0) is 127 Å². The van der Waals surface area contributed by atoms with E-state index in [1.807, 2.05) is 0 Å². The van der Waals surface area contributed by atoms with Crippen LogP contribution in [0.3, 0.4) is 0 Å². The van der Waals surface area contributed by atoms with Crippen LogP contribution in [0.15, 0.2) is 165 Å². The van der Waals surface area contributed by atoms with Crippen LogP contribution in [0.1, 0.15) is 303 Å². The molecular formula is C89H113NS. The molecule has 0 spiro atoms. The third-order valence-electron chi connectivity index (χ3n) is 21.5. The molecule has 8 aromatic rings. The summed E-state index contributed by atoms with van der Waals surface area (Å²) >= 11 is 1.80. The second kappa shape index (κ2) is 34.7. The van der Waals surface area contributed by atoms with Crippen LogP contribution in [0.2, 0.25) is 0 Å². The predicted molar refractivity (Wildman–Crippen MR) is 401 cm³/mol. The smallest absolute Gasteiger partial charge is 0.124 e. The molecule has 1 nitrogen and oxygen atoms in total. The van der Waals surface area contributed by atoms with Crippen LogP contribution in [-0.4, -0.2) is 4.98 Å². The predicted octanol–water partition coefficient (Wildman–Crippen LogP) is 28.4. The minimum absolute atomic E-state index is 0.0436. The Hall–Kier alpha value is -6.09. The van der Waals surface area contributed by atoms with Crippen LogP contribution < -0.4 is 0 Å². The highest BCUT2D eigenvalue weighted by molar-refractivity contribution is 7.22. The summed E-state index contributed by atoms with van der Waals surface area (Å²) in [5, 5.41) is 1.05. The molecule has 0 saturated carbocycles. The van der Waals surface area contributed by atoms with Gasteiger partial charge in [-0.25, -0.2) is 4.98 Å². The van der Waals surface area contributed by atoms with E-state index in [1.54, 1.807) is 33.6 Å². The van der Waals surface area contributed by atoms with E-state index in [-0.39, 0.29) is 10.8 Å². The van der Waals surface area contributed by atoms with Crippen LogP contribution in [0.5, 0.6) is 0 Å². The van der Waals surface area contributed by atoms with Gasteiger partial charge in [-0.1, -0.05) is 380 Å². The van der Waals surface area contributed by atoms with E-state index < -0.39 is 0 Å². The molecule has 2 heteroatoms. The maximum absolute atomic E-state index is 5.29. The number of hydrogen-bond donors (Lipinski definition) is 0. The van der Waals surface area contributed by atoms with Gasteiger partial charge in [0.05, 0.1) is 10.2 Å². The fourth-order valence-corrected chi connectivity index (χ4v) is 17.3. The van der Waals surface area contributed by atoms with E-state index in [9.17, 15) is 0 Å². The number of rotatable bonds is 42. The lowest BCUT2D eigenvalue weighted by Gasteiger charge is -2.33. The number of aromatic nitrogens is 1. The SMILES string of the molecule is C=C(c1ccc(-c2nc3cccc(-c4ccc(C(=C)c5ccc6c(c5)C(CCCCCCCCCC)(CCCCCCCCCC)c5ccccc5-6)cc4)c3s2)cc1)c1ccc2c(c1)C(CCCCCCCCCC)(CCCCCCCCCC)c1ccccc1-2. The van der Waals surface area contributed by atoms with Gasteiger partial charge in [-0.2, -0.15) is 0 Å². The lowest BCUT2D eigenvalue weighted by atomic mass is 9.70. The molecular weight excluding hydrogens is 1120 g/mol. The molecule has 480 valence electrons. The third kappa shape index (κ3) is 16.6. The molecule has 0 radical (unpaired) electrons. The van der Waals surface area contributed by atoms with Crippen molar-refractivity contribution in [3.05, 3.63) is 209 Å². The highest BCUT2D eigenvalue weighted by Gasteiger charge is 2.44. The number of nitrogens with zero attached hydrogens (tertiary/aromatic N) is 1. The molecule has 2 aliphatic rings. The first-order valence-corrected chi connectivity index (χ1v) is 38.1. The van der Waals surface area contributed by atoms with Crippen LogP contribution in [0.4, 0.5) is 0 Å². The van der Waals surface area contributed by atoms with Gasteiger partial charge in [0.25, 0.3) is 0 Å². The quantitative estimate of drug-likeness (QED) is 0.0348. The first-order chi connectivity index (χ1) is 44.8. The molecule has 2 aliphatic carbocycles. The Bertz CT molecular complexity index is 3510. The van der Waals surface area contributed by atoms with Crippen LogP contribution in [-0.2, 0) is 10.8 Å². The molecule has 1 aromatic heterocycles. The molecule has 0 bridgehead atoms. The zero-order valence-corrected chi connectivity index (χ0v) is 58.0. The van der Waals surface area contributed by atoms with Crippen molar-refractivity contribution in [3.8, 4) is 44.0 Å². The zero-order valence-electron chi connectivity index (χ0n) is 57.2. The Morgan fingerprint density at radius 2 is 0.626 bits per heavy atom. The molecule has 0 N–H and O–H groups in total. The summed E-state index contributed by atoms with van der Waals surface area (Å²) in [5.41, 5.74) is 23.7. The monoisotopic (exact) mass is 1230 g/mol. The topological polar surface area (TPSA) is 12.9 Å². The second-order valence-corrected chi connectivity index (χ2v) is 29.0. The average Bonchev–Trinajstić information content (AvgIpc) is 1.66. The lowest BCUT2D eigenvalue weighted by molar-refractivity contribution is 0.397. The Morgan fingerprint density at radius 3 is 1.01 bits per heavy atom. The molecule has 1 heterocycles. The Balaban J connectivity index is 0.843. The summed E-state index contributed by atoms with van der Waals surface area (Å²) in [6.45, 7) is 18.9. The minimum atomic E-state index is 0.0436. The van der Waals surface area contributed by atoms with Crippen LogP contribution >= 0.6 is 11.3 Å². The van der Waals surface area contributed by atoms with Crippen molar-refractivity contribution < 1.29 is 0 Å². The van der Waals surface area contributed by atoms with Crippen molar-refractivity contribution in [2.45, 2.75) is 270 Å². The standard InChI is InChI=1S/C89H113NS/c1-7-11-15-19-23-27-31-39-62-88(63-40-32-28-24-20-16-12-8-2)81-47-37-35-44-77(81)79-60-58-74(66-83(79)88)68(5)70-50-54-72(55-51-70)76-46-43-49-85-86(76)91-87(90-85)73-56-52-71(53-57-73)69(6)75-59-61-80-78-45-36-38-48-82(78)89(84(80)67-75,64-41-33-29-25-21-17-13-9-3)65-42-34-30-26-22-18-14-10-4/h35-38,43-61,66-67H,5-34,39-42,62-65H2,1-4H3. The van der Waals surface area contributed by atoms with Gasteiger partial charge in [0.15, 0.2) is 0 Å². The van der Waals surface area contributed by atoms with Gasteiger partial charge < -0.3 is 0 Å². The molecule has 0 saturated heterocycles. The summed E-state index contributed by atoms with van der Waals surface area (Å²) in [7, 11) is 0. The van der Waals surface area contributed by atoms with Gasteiger partial charge in [0.2, 0.25) is 0 Å².